The summed E-state index contributed by atoms with van der Waals surface area (Å²) in [4.78, 5) is 19.0. The largest absolute Gasteiger partial charge is 0.349 e. The molecule has 0 aliphatic carbocycles. The maximum atomic E-state index is 11.6. The maximum absolute atomic E-state index is 11.6. The van der Waals surface area contributed by atoms with Crippen LogP contribution in [0.15, 0.2) is 6.20 Å². The summed E-state index contributed by atoms with van der Waals surface area (Å²) in [7, 11) is 0. The molecule has 0 unspecified atom stereocenters. The Kier molecular flexibility index (Phi) is 4.29. The van der Waals surface area contributed by atoms with Gasteiger partial charge in [0, 0.05) is 12.7 Å². The Balaban J connectivity index is 2.74. The van der Waals surface area contributed by atoms with Crippen molar-refractivity contribution in [2.75, 3.05) is 6.54 Å². The molecule has 0 atom stereocenters. The zero-order chi connectivity index (χ0) is 11.4. The van der Waals surface area contributed by atoms with Gasteiger partial charge in [-0.25, -0.2) is 9.97 Å². The van der Waals surface area contributed by atoms with E-state index >= 15 is 0 Å². The number of hydrogen-bond donors (Lipinski definition) is 1. The molecule has 0 fully saturated rings. The number of nitrogens with one attached hydrogen (secondary N) is 1. The molecule has 0 aromatic carbocycles. The third-order valence-electron chi connectivity index (χ3n) is 1.76. The van der Waals surface area contributed by atoms with Gasteiger partial charge in [-0.15, -0.1) is 23.2 Å². The van der Waals surface area contributed by atoms with Crippen molar-refractivity contribution in [2.24, 2.45) is 0 Å². The van der Waals surface area contributed by atoms with Crippen LogP contribution in [-0.2, 0) is 0 Å². The first-order chi connectivity index (χ1) is 7.00. The van der Waals surface area contributed by atoms with Crippen molar-refractivity contribution in [3.05, 3.63) is 23.3 Å². The second kappa shape index (κ2) is 5.28. The van der Waals surface area contributed by atoms with Crippen LogP contribution in [0.4, 0.5) is 0 Å². The topological polar surface area (TPSA) is 54.9 Å². The number of alkyl halides is 2. The molecule has 6 heteroatoms. The second-order valence-electron chi connectivity index (χ2n) is 3.02. The fraction of sp³-hybridized carbons (Fsp3) is 0.444. The minimum absolute atomic E-state index is 0.204. The molecule has 0 aliphatic heterocycles. The zero-order valence-corrected chi connectivity index (χ0v) is 9.93. The number of amides is 1. The summed E-state index contributed by atoms with van der Waals surface area (Å²) in [5.74, 6) is 0.371. The Hall–Kier alpha value is -0.870. The van der Waals surface area contributed by atoms with Crippen molar-refractivity contribution in [2.45, 2.75) is 18.7 Å². The molecule has 1 heterocycles. The normalized spacial score (nSPS) is 10.5. The Bertz CT molecular complexity index is 368. The highest BCUT2D eigenvalue weighted by atomic mass is 35.5. The van der Waals surface area contributed by atoms with E-state index in [4.69, 9.17) is 23.2 Å². The predicted molar refractivity (Wildman–Crippen MR) is 59.3 cm³/mol. The lowest BCUT2D eigenvalue weighted by Crippen LogP contribution is -2.28. The van der Waals surface area contributed by atoms with Crippen molar-refractivity contribution in [3.8, 4) is 0 Å². The summed E-state index contributed by atoms with van der Waals surface area (Å²) < 4.78 is 0. The quantitative estimate of drug-likeness (QED) is 0.827. The number of carbonyl (C=O) groups is 1. The summed E-state index contributed by atoms with van der Waals surface area (Å²) in [6, 6.07) is 0. The first-order valence-corrected chi connectivity index (χ1v) is 5.24. The number of hydrogen-bond acceptors (Lipinski definition) is 3. The van der Waals surface area contributed by atoms with E-state index in [0.717, 1.165) is 0 Å². The highest BCUT2D eigenvalue weighted by Crippen LogP contribution is 2.04. The van der Waals surface area contributed by atoms with Crippen LogP contribution in [0.5, 0.6) is 0 Å². The third kappa shape index (κ3) is 3.64. The molecule has 1 aromatic rings. The average molecular weight is 248 g/mol. The minimum atomic E-state index is -0.611. The van der Waals surface area contributed by atoms with Crippen LogP contribution in [-0.4, -0.2) is 27.3 Å². The molecule has 0 radical (unpaired) electrons. The van der Waals surface area contributed by atoms with E-state index < -0.39 is 4.84 Å². The van der Waals surface area contributed by atoms with Gasteiger partial charge in [-0.2, -0.15) is 0 Å². The molecule has 82 valence electrons. The summed E-state index contributed by atoms with van der Waals surface area (Å²) in [6.45, 7) is 3.72. The summed E-state index contributed by atoms with van der Waals surface area (Å²) in [6.07, 6.45) is 1.49. The molecule has 0 bridgehead atoms. The van der Waals surface area contributed by atoms with E-state index in [1.807, 2.05) is 0 Å². The van der Waals surface area contributed by atoms with Crippen molar-refractivity contribution >= 4 is 29.1 Å². The minimum Gasteiger partial charge on any atom is -0.349 e. The number of aromatic nitrogens is 2. The monoisotopic (exact) mass is 247 g/mol. The van der Waals surface area contributed by atoms with Crippen LogP contribution >= 0.6 is 23.2 Å². The van der Waals surface area contributed by atoms with E-state index in [-0.39, 0.29) is 12.5 Å². The maximum Gasteiger partial charge on any atom is 0.254 e. The number of carbonyl (C=O) groups excluding carboxylic acids is 1. The molecule has 15 heavy (non-hydrogen) atoms. The molecule has 0 spiro atoms. The Morgan fingerprint density at radius 1 is 1.53 bits per heavy atom. The fourth-order valence-corrected chi connectivity index (χ4v) is 1.23. The van der Waals surface area contributed by atoms with E-state index in [1.54, 1.807) is 13.8 Å². The van der Waals surface area contributed by atoms with Gasteiger partial charge in [-0.1, -0.05) is 0 Å². The highest BCUT2D eigenvalue weighted by Gasteiger charge is 2.11. The summed E-state index contributed by atoms with van der Waals surface area (Å²) in [5, 5.41) is 2.58. The van der Waals surface area contributed by atoms with E-state index in [9.17, 15) is 4.79 Å². The molecule has 1 rings (SSSR count). The standard InChI is InChI=1S/C9H11Cl2N3O/c1-5-7(3-12-6(2)14-5)9(15)13-4-8(10)11/h3,8H,4H2,1-2H3,(H,13,15). The number of rotatable bonds is 3. The lowest BCUT2D eigenvalue weighted by Gasteiger charge is -2.07. The molecular weight excluding hydrogens is 237 g/mol. The first-order valence-electron chi connectivity index (χ1n) is 4.37. The van der Waals surface area contributed by atoms with E-state index in [2.05, 4.69) is 15.3 Å². The van der Waals surface area contributed by atoms with Gasteiger partial charge in [0.2, 0.25) is 0 Å². The Morgan fingerprint density at radius 3 is 2.73 bits per heavy atom. The van der Waals surface area contributed by atoms with Crippen LogP contribution < -0.4 is 5.32 Å². The SMILES string of the molecule is Cc1ncc(C(=O)NCC(Cl)Cl)c(C)n1. The molecular formula is C9H11Cl2N3O. The molecule has 1 amide bonds. The molecule has 4 nitrogen and oxygen atoms in total. The molecule has 0 saturated heterocycles. The van der Waals surface area contributed by atoms with E-state index in [0.29, 0.717) is 17.1 Å². The van der Waals surface area contributed by atoms with Crippen LogP contribution in [0.25, 0.3) is 0 Å². The van der Waals surface area contributed by atoms with Gasteiger partial charge in [-0.05, 0) is 13.8 Å². The van der Waals surface area contributed by atoms with Gasteiger partial charge in [0.25, 0.3) is 5.91 Å². The number of halogens is 2. The highest BCUT2D eigenvalue weighted by molar-refractivity contribution is 6.44. The van der Waals surface area contributed by atoms with Crippen LogP contribution in [0.3, 0.4) is 0 Å². The molecule has 0 aliphatic rings. The fourth-order valence-electron chi connectivity index (χ4n) is 1.07. The predicted octanol–water partition coefficient (Wildman–Crippen LogP) is 1.63. The lowest BCUT2D eigenvalue weighted by molar-refractivity contribution is 0.0954. The van der Waals surface area contributed by atoms with Crippen molar-refractivity contribution in [3.63, 3.8) is 0 Å². The van der Waals surface area contributed by atoms with Gasteiger partial charge in [0.15, 0.2) is 0 Å². The first kappa shape index (κ1) is 12.2. The summed E-state index contributed by atoms with van der Waals surface area (Å²) in [5.41, 5.74) is 1.08. The number of nitrogens with zero attached hydrogens (tertiary/aromatic N) is 2. The van der Waals surface area contributed by atoms with Crippen LogP contribution in [0, 0.1) is 13.8 Å². The van der Waals surface area contributed by atoms with Crippen LogP contribution in [0.1, 0.15) is 21.9 Å². The van der Waals surface area contributed by atoms with Gasteiger partial charge in [0.05, 0.1) is 11.3 Å². The molecule has 0 saturated carbocycles. The van der Waals surface area contributed by atoms with E-state index in [1.165, 1.54) is 6.20 Å². The average Bonchev–Trinajstić information content (AvgIpc) is 2.14. The third-order valence-corrected chi connectivity index (χ3v) is 2.07. The molecule has 1 N–H and O–H groups in total. The summed E-state index contributed by atoms with van der Waals surface area (Å²) >= 11 is 11.0. The Labute approximate surface area is 98.0 Å². The Morgan fingerprint density at radius 2 is 2.20 bits per heavy atom. The van der Waals surface area contributed by atoms with Gasteiger partial charge >= 0.3 is 0 Å². The van der Waals surface area contributed by atoms with Crippen LogP contribution in [0.2, 0.25) is 0 Å². The van der Waals surface area contributed by atoms with Crippen molar-refractivity contribution in [1.82, 2.24) is 15.3 Å². The zero-order valence-electron chi connectivity index (χ0n) is 8.42. The number of aryl methyl sites for hydroxylation is 2. The van der Waals surface area contributed by atoms with Gasteiger partial charge in [0.1, 0.15) is 10.7 Å². The van der Waals surface area contributed by atoms with Gasteiger partial charge < -0.3 is 5.32 Å². The van der Waals surface area contributed by atoms with Crippen molar-refractivity contribution in [1.29, 1.82) is 0 Å². The smallest absolute Gasteiger partial charge is 0.254 e. The molecule has 1 aromatic heterocycles. The second-order valence-corrected chi connectivity index (χ2v) is 4.29. The lowest BCUT2D eigenvalue weighted by atomic mass is 10.2. The van der Waals surface area contributed by atoms with Gasteiger partial charge in [-0.3, -0.25) is 4.79 Å². The van der Waals surface area contributed by atoms with Crippen molar-refractivity contribution < 1.29 is 4.79 Å².